The molecule has 172 valence electrons. The Labute approximate surface area is 179 Å². The maximum atomic E-state index is 13.3. The second-order valence-electron chi connectivity index (χ2n) is 9.22. The lowest BCUT2D eigenvalue weighted by atomic mass is 9.99. The molecule has 9 nitrogen and oxygen atoms in total. The molecule has 0 aromatic heterocycles. The molecule has 0 aliphatic carbocycles. The molecule has 5 N–H and O–H groups in total. The zero-order chi connectivity index (χ0) is 23.2. The van der Waals surface area contributed by atoms with Gasteiger partial charge < -0.3 is 26.4 Å². The van der Waals surface area contributed by atoms with Gasteiger partial charge in [-0.3, -0.25) is 14.4 Å². The van der Waals surface area contributed by atoms with Gasteiger partial charge in [-0.2, -0.15) is 0 Å². The average Bonchev–Trinajstić information content (AvgIpc) is 3.12. The fourth-order valence-electron chi connectivity index (χ4n) is 3.53. The molecule has 0 spiro atoms. The summed E-state index contributed by atoms with van der Waals surface area (Å²) in [7, 11) is 0. The third kappa shape index (κ3) is 6.97. The molecule has 0 radical (unpaired) electrons. The fraction of sp³-hybridized carbons (Fsp3) is 0.810. The van der Waals surface area contributed by atoms with Gasteiger partial charge in [-0.15, -0.1) is 0 Å². The molecule has 1 heterocycles. The summed E-state index contributed by atoms with van der Waals surface area (Å²) < 4.78 is 0. The highest BCUT2D eigenvalue weighted by atomic mass is 16.4. The molecule has 9 heteroatoms. The Morgan fingerprint density at radius 2 is 1.63 bits per heavy atom. The van der Waals surface area contributed by atoms with E-state index < -0.39 is 42.0 Å². The predicted octanol–water partition coefficient (Wildman–Crippen LogP) is 0.717. The Kier molecular flexibility index (Phi) is 9.74. The highest BCUT2D eigenvalue weighted by Gasteiger charge is 2.39. The Bertz CT molecular complexity index is 635. The van der Waals surface area contributed by atoms with E-state index in [9.17, 15) is 24.3 Å². The van der Waals surface area contributed by atoms with Crippen LogP contribution in [0.4, 0.5) is 0 Å². The second-order valence-corrected chi connectivity index (χ2v) is 9.22. The first-order chi connectivity index (χ1) is 13.9. The first kappa shape index (κ1) is 25.9. The summed E-state index contributed by atoms with van der Waals surface area (Å²) in [5, 5.41) is 14.7. The Morgan fingerprint density at radius 3 is 2.10 bits per heavy atom. The number of rotatable bonds is 10. The lowest BCUT2D eigenvalue weighted by Gasteiger charge is -2.31. The summed E-state index contributed by atoms with van der Waals surface area (Å²) >= 11 is 0. The molecule has 3 amide bonds. The number of carboxylic acid groups (broad SMARTS) is 1. The third-order valence-electron chi connectivity index (χ3n) is 5.41. The van der Waals surface area contributed by atoms with Crippen LogP contribution < -0.4 is 16.4 Å². The topological polar surface area (TPSA) is 142 Å². The largest absolute Gasteiger partial charge is 0.480 e. The molecular weight excluding hydrogens is 388 g/mol. The van der Waals surface area contributed by atoms with Crippen LogP contribution in [-0.4, -0.2) is 64.4 Å². The van der Waals surface area contributed by atoms with E-state index in [-0.39, 0.29) is 23.7 Å². The van der Waals surface area contributed by atoms with E-state index in [0.29, 0.717) is 25.8 Å². The minimum Gasteiger partial charge on any atom is -0.480 e. The average molecular weight is 427 g/mol. The quantitative estimate of drug-likeness (QED) is 0.405. The van der Waals surface area contributed by atoms with Crippen molar-refractivity contribution in [3.8, 4) is 0 Å². The van der Waals surface area contributed by atoms with Crippen molar-refractivity contribution in [2.45, 2.75) is 85.0 Å². The number of amides is 3. The van der Waals surface area contributed by atoms with Gasteiger partial charge in [0.2, 0.25) is 17.7 Å². The van der Waals surface area contributed by atoms with Crippen molar-refractivity contribution in [1.29, 1.82) is 0 Å². The molecule has 30 heavy (non-hydrogen) atoms. The summed E-state index contributed by atoms with van der Waals surface area (Å²) in [5.74, 6) is -2.53. The smallest absolute Gasteiger partial charge is 0.326 e. The maximum absolute atomic E-state index is 13.3. The van der Waals surface area contributed by atoms with Gasteiger partial charge in [0.1, 0.15) is 18.1 Å². The van der Waals surface area contributed by atoms with Crippen LogP contribution in [0.3, 0.4) is 0 Å². The molecule has 0 saturated carbocycles. The number of hydrogen-bond donors (Lipinski definition) is 4. The number of carbonyl (C=O) groups is 4. The molecule has 1 saturated heterocycles. The number of nitrogens with zero attached hydrogens (tertiary/aromatic N) is 1. The van der Waals surface area contributed by atoms with Crippen molar-refractivity contribution in [1.82, 2.24) is 15.5 Å². The van der Waals surface area contributed by atoms with Crippen LogP contribution in [-0.2, 0) is 19.2 Å². The molecule has 0 bridgehead atoms. The summed E-state index contributed by atoms with van der Waals surface area (Å²) in [6.45, 7) is 11.4. The van der Waals surface area contributed by atoms with Crippen LogP contribution in [0.25, 0.3) is 0 Å². The molecule has 0 aromatic rings. The zero-order valence-corrected chi connectivity index (χ0v) is 19.0. The van der Waals surface area contributed by atoms with Crippen molar-refractivity contribution in [3.63, 3.8) is 0 Å². The van der Waals surface area contributed by atoms with Crippen molar-refractivity contribution in [2.75, 3.05) is 6.54 Å². The summed E-state index contributed by atoms with van der Waals surface area (Å²) in [4.78, 5) is 51.4. The van der Waals surface area contributed by atoms with Crippen LogP contribution in [0.15, 0.2) is 0 Å². The molecule has 4 unspecified atom stereocenters. The maximum Gasteiger partial charge on any atom is 0.326 e. The van der Waals surface area contributed by atoms with E-state index in [1.165, 1.54) is 4.90 Å². The van der Waals surface area contributed by atoms with Gasteiger partial charge in [0.15, 0.2) is 0 Å². The van der Waals surface area contributed by atoms with Gasteiger partial charge in [0, 0.05) is 6.54 Å². The number of nitrogens with one attached hydrogen (secondary N) is 2. The molecule has 1 aliphatic rings. The minimum absolute atomic E-state index is 0.0749. The van der Waals surface area contributed by atoms with Gasteiger partial charge in [0.25, 0.3) is 0 Å². The van der Waals surface area contributed by atoms with E-state index in [4.69, 9.17) is 5.73 Å². The summed E-state index contributed by atoms with van der Waals surface area (Å²) in [6.07, 6.45) is 1.51. The zero-order valence-electron chi connectivity index (χ0n) is 19.0. The Morgan fingerprint density at radius 1 is 1.03 bits per heavy atom. The minimum atomic E-state index is -1.11. The van der Waals surface area contributed by atoms with Gasteiger partial charge in [-0.1, -0.05) is 41.5 Å². The number of hydrogen-bond acceptors (Lipinski definition) is 5. The van der Waals surface area contributed by atoms with Gasteiger partial charge in [-0.25, -0.2) is 4.79 Å². The number of carboxylic acids is 1. The van der Waals surface area contributed by atoms with Crippen LogP contribution >= 0.6 is 0 Å². The summed E-state index contributed by atoms with van der Waals surface area (Å²) in [5.41, 5.74) is 5.92. The van der Waals surface area contributed by atoms with Gasteiger partial charge >= 0.3 is 5.97 Å². The van der Waals surface area contributed by atoms with E-state index in [0.717, 1.165) is 0 Å². The normalized spacial score (nSPS) is 19.7. The van der Waals surface area contributed by atoms with Crippen molar-refractivity contribution in [3.05, 3.63) is 0 Å². The SMILES string of the molecule is CC(C)CC(NC(=O)C(N)C(C)C)C(=O)N1CCCC1C(=O)NC(C(=O)O)C(C)C. The number of aliphatic carboxylic acids is 1. The fourth-order valence-corrected chi connectivity index (χ4v) is 3.53. The lowest BCUT2D eigenvalue weighted by molar-refractivity contribution is -0.146. The lowest BCUT2D eigenvalue weighted by Crippen LogP contribution is -2.57. The van der Waals surface area contributed by atoms with Crippen molar-refractivity contribution >= 4 is 23.7 Å². The Hall–Kier alpha value is -2.16. The molecular formula is C21H38N4O5. The first-order valence-electron chi connectivity index (χ1n) is 10.8. The molecule has 1 rings (SSSR count). The molecule has 1 aliphatic heterocycles. The number of nitrogens with two attached hydrogens (primary N) is 1. The number of carbonyl (C=O) groups excluding carboxylic acids is 3. The van der Waals surface area contributed by atoms with Gasteiger partial charge in [0.05, 0.1) is 6.04 Å². The second kappa shape index (κ2) is 11.3. The highest BCUT2D eigenvalue weighted by molar-refractivity contribution is 5.94. The predicted molar refractivity (Wildman–Crippen MR) is 113 cm³/mol. The number of likely N-dealkylation sites (tertiary alicyclic amines) is 1. The van der Waals surface area contributed by atoms with Gasteiger partial charge in [-0.05, 0) is 37.0 Å². The molecule has 0 aromatic carbocycles. The first-order valence-corrected chi connectivity index (χ1v) is 10.8. The summed E-state index contributed by atoms with van der Waals surface area (Å²) in [6, 6.07) is -3.28. The van der Waals surface area contributed by atoms with Crippen molar-refractivity contribution in [2.24, 2.45) is 23.5 Å². The highest BCUT2D eigenvalue weighted by Crippen LogP contribution is 2.21. The van der Waals surface area contributed by atoms with Crippen LogP contribution in [0.5, 0.6) is 0 Å². The van der Waals surface area contributed by atoms with Crippen LogP contribution in [0.1, 0.15) is 60.8 Å². The van der Waals surface area contributed by atoms with E-state index in [1.54, 1.807) is 13.8 Å². The van der Waals surface area contributed by atoms with E-state index in [1.807, 2.05) is 27.7 Å². The monoisotopic (exact) mass is 426 g/mol. The van der Waals surface area contributed by atoms with E-state index in [2.05, 4.69) is 10.6 Å². The third-order valence-corrected chi connectivity index (χ3v) is 5.41. The molecule has 1 fully saturated rings. The van der Waals surface area contributed by atoms with Crippen LogP contribution in [0, 0.1) is 17.8 Å². The standard InChI is InChI=1S/C21H38N4O5/c1-11(2)10-14(23-19(27)16(22)12(3)4)20(28)25-9-7-8-15(25)18(26)24-17(13(5)6)21(29)30/h11-17H,7-10,22H2,1-6H3,(H,23,27)(H,24,26)(H,29,30). The Balaban J connectivity index is 2.97. The van der Waals surface area contributed by atoms with Crippen molar-refractivity contribution < 1.29 is 24.3 Å². The van der Waals surface area contributed by atoms with Crippen LogP contribution in [0.2, 0.25) is 0 Å². The van der Waals surface area contributed by atoms with E-state index >= 15 is 0 Å². The molecule has 4 atom stereocenters.